The molecule has 0 unspecified atom stereocenters. The Morgan fingerprint density at radius 1 is 1.25 bits per heavy atom. The number of hydrogen-bond donors (Lipinski definition) is 2. The third-order valence-corrected chi connectivity index (χ3v) is 3.92. The van der Waals surface area contributed by atoms with Gasteiger partial charge < -0.3 is 10.1 Å². The smallest absolute Gasteiger partial charge is 0.251 e. The zero-order valence-electron chi connectivity index (χ0n) is 11.7. The molecule has 0 saturated heterocycles. The molecule has 1 aromatic rings. The van der Waals surface area contributed by atoms with E-state index in [0.717, 1.165) is 6.42 Å². The summed E-state index contributed by atoms with van der Waals surface area (Å²) in [5.41, 5.74) is 0.935. The fourth-order valence-electron chi connectivity index (χ4n) is 1.46. The van der Waals surface area contributed by atoms with Crippen molar-refractivity contribution in [1.29, 1.82) is 0 Å². The van der Waals surface area contributed by atoms with Gasteiger partial charge in [-0.1, -0.05) is 0 Å². The largest absolute Gasteiger partial charge is 0.385 e. The van der Waals surface area contributed by atoms with Crippen molar-refractivity contribution in [3.05, 3.63) is 29.8 Å². The van der Waals surface area contributed by atoms with Crippen LogP contribution in [0.5, 0.6) is 0 Å². The maximum atomic E-state index is 11.8. The van der Waals surface area contributed by atoms with Crippen LogP contribution in [0.2, 0.25) is 0 Å². The van der Waals surface area contributed by atoms with E-state index < -0.39 is 10.0 Å². The van der Waals surface area contributed by atoms with Gasteiger partial charge in [-0.25, -0.2) is 8.42 Å². The van der Waals surface area contributed by atoms with Crippen molar-refractivity contribution >= 4 is 21.6 Å². The van der Waals surface area contributed by atoms with Crippen LogP contribution >= 0.6 is 0 Å². The standard InChI is InChI=1S/C13H20N2O4S/c1-3-20(17,18)15-12-7-5-11(6-8-12)13(16)14-9-4-10-19-2/h5-8,15H,3-4,9-10H2,1-2H3,(H,14,16). The van der Waals surface area contributed by atoms with Crippen LogP contribution in [0.1, 0.15) is 23.7 Å². The quantitative estimate of drug-likeness (QED) is 0.707. The van der Waals surface area contributed by atoms with E-state index in [9.17, 15) is 13.2 Å². The molecule has 0 aliphatic heterocycles. The van der Waals surface area contributed by atoms with Crippen molar-refractivity contribution in [2.75, 3.05) is 30.7 Å². The summed E-state index contributed by atoms with van der Waals surface area (Å²) < 4.78 is 30.1. The molecule has 112 valence electrons. The number of carbonyl (C=O) groups is 1. The molecular weight excluding hydrogens is 280 g/mol. The highest BCUT2D eigenvalue weighted by Crippen LogP contribution is 2.11. The number of amides is 1. The molecule has 2 N–H and O–H groups in total. The average molecular weight is 300 g/mol. The normalized spacial score (nSPS) is 11.1. The number of anilines is 1. The summed E-state index contributed by atoms with van der Waals surface area (Å²) in [6, 6.07) is 6.30. The van der Waals surface area contributed by atoms with Crippen molar-refractivity contribution in [2.45, 2.75) is 13.3 Å². The average Bonchev–Trinajstić information content (AvgIpc) is 2.44. The van der Waals surface area contributed by atoms with E-state index in [2.05, 4.69) is 10.0 Å². The monoisotopic (exact) mass is 300 g/mol. The van der Waals surface area contributed by atoms with E-state index in [1.165, 1.54) is 0 Å². The molecule has 0 aromatic heterocycles. The van der Waals surface area contributed by atoms with E-state index in [-0.39, 0.29) is 11.7 Å². The molecular formula is C13H20N2O4S. The Balaban J connectivity index is 2.55. The fourth-order valence-corrected chi connectivity index (χ4v) is 2.10. The summed E-state index contributed by atoms with van der Waals surface area (Å²) in [6.45, 7) is 2.69. The molecule has 1 aromatic carbocycles. The van der Waals surface area contributed by atoms with Crippen LogP contribution in [0.25, 0.3) is 0 Å². The molecule has 0 atom stereocenters. The minimum atomic E-state index is -3.29. The predicted molar refractivity (Wildman–Crippen MR) is 78.4 cm³/mol. The molecule has 1 rings (SSSR count). The van der Waals surface area contributed by atoms with E-state index in [4.69, 9.17) is 4.74 Å². The summed E-state index contributed by atoms with van der Waals surface area (Å²) in [5, 5.41) is 2.76. The Morgan fingerprint density at radius 3 is 2.45 bits per heavy atom. The highest BCUT2D eigenvalue weighted by molar-refractivity contribution is 7.92. The number of carbonyl (C=O) groups excluding carboxylic acids is 1. The van der Waals surface area contributed by atoms with Crippen molar-refractivity contribution in [3.8, 4) is 0 Å². The summed E-state index contributed by atoms with van der Waals surface area (Å²) in [6.07, 6.45) is 0.747. The van der Waals surface area contributed by atoms with Gasteiger partial charge in [-0.05, 0) is 37.6 Å². The molecule has 0 aliphatic carbocycles. The lowest BCUT2D eigenvalue weighted by Crippen LogP contribution is -2.25. The summed E-state index contributed by atoms with van der Waals surface area (Å²) in [5.74, 6) is -0.180. The molecule has 0 saturated carbocycles. The van der Waals surface area contributed by atoms with Crippen LogP contribution in [-0.4, -0.2) is 40.3 Å². The Bertz CT molecular complexity index is 526. The number of methoxy groups -OCH3 is 1. The van der Waals surface area contributed by atoms with Gasteiger partial charge in [-0.2, -0.15) is 0 Å². The minimum Gasteiger partial charge on any atom is -0.385 e. The molecule has 1 amide bonds. The molecule has 0 bridgehead atoms. The number of nitrogens with one attached hydrogen (secondary N) is 2. The van der Waals surface area contributed by atoms with Gasteiger partial charge in [0.15, 0.2) is 0 Å². The van der Waals surface area contributed by atoms with Crippen LogP contribution in [0, 0.1) is 0 Å². The molecule has 0 heterocycles. The fraction of sp³-hybridized carbons (Fsp3) is 0.462. The second kappa shape index (κ2) is 7.86. The first-order chi connectivity index (χ1) is 9.48. The Hall–Kier alpha value is -1.60. The van der Waals surface area contributed by atoms with Crippen LogP contribution in [0.3, 0.4) is 0 Å². The van der Waals surface area contributed by atoms with E-state index in [1.54, 1.807) is 38.3 Å². The van der Waals surface area contributed by atoms with Crippen molar-refractivity contribution < 1.29 is 17.9 Å². The number of benzene rings is 1. The van der Waals surface area contributed by atoms with Gasteiger partial charge in [0.05, 0.1) is 5.75 Å². The van der Waals surface area contributed by atoms with Crippen LogP contribution in [-0.2, 0) is 14.8 Å². The molecule has 7 heteroatoms. The van der Waals surface area contributed by atoms with Gasteiger partial charge in [0.1, 0.15) is 0 Å². The van der Waals surface area contributed by atoms with E-state index in [0.29, 0.717) is 24.4 Å². The Labute approximate surface area is 119 Å². The second-order valence-electron chi connectivity index (χ2n) is 4.19. The summed E-state index contributed by atoms with van der Waals surface area (Å²) in [7, 11) is -1.68. The minimum absolute atomic E-state index is 0.00867. The van der Waals surface area contributed by atoms with Gasteiger partial charge in [-0.15, -0.1) is 0 Å². The first-order valence-electron chi connectivity index (χ1n) is 6.36. The number of sulfonamides is 1. The topological polar surface area (TPSA) is 84.5 Å². The summed E-state index contributed by atoms with van der Waals surface area (Å²) >= 11 is 0. The van der Waals surface area contributed by atoms with Crippen molar-refractivity contribution in [2.24, 2.45) is 0 Å². The van der Waals surface area contributed by atoms with Crippen molar-refractivity contribution in [3.63, 3.8) is 0 Å². The van der Waals surface area contributed by atoms with Gasteiger partial charge in [0, 0.05) is 31.5 Å². The lowest BCUT2D eigenvalue weighted by Gasteiger charge is -2.08. The molecule has 0 radical (unpaired) electrons. The Kier molecular flexibility index (Phi) is 6.47. The van der Waals surface area contributed by atoms with Gasteiger partial charge in [0.25, 0.3) is 5.91 Å². The Morgan fingerprint density at radius 2 is 1.90 bits per heavy atom. The third kappa shape index (κ3) is 5.58. The lowest BCUT2D eigenvalue weighted by molar-refractivity contribution is 0.0948. The molecule has 0 spiro atoms. The van der Waals surface area contributed by atoms with Crippen LogP contribution < -0.4 is 10.0 Å². The van der Waals surface area contributed by atoms with Crippen LogP contribution in [0.15, 0.2) is 24.3 Å². The maximum absolute atomic E-state index is 11.8. The zero-order valence-corrected chi connectivity index (χ0v) is 12.5. The van der Waals surface area contributed by atoms with E-state index in [1.807, 2.05) is 0 Å². The highest BCUT2D eigenvalue weighted by atomic mass is 32.2. The molecule has 20 heavy (non-hydrogen) atoms. The van der Waals surface area contributed by atoms with Gasteiger partial charge >= 0.3 is 0 Å². The second-order valence-corrected chi connectivity index (χ2v) is 6.20. The third-order valence-electron chi connectivity index (χ3n) is 2.61. The number of ether oxygens (including phenoxy) is 1. The highest BCUT2D eigenvalue weighted by Gasteiger charge is 2.08. The molecule has 0 fully saturated rings. The van der Waals surface area contributed by atoms with Crippen molar-refractivity contribution in [1.82, 2.24) is 5.32 Å². The first kappa shape index (κ1) is 16.5. The SMILES string of the molecule is CCS(=O)(=O)Nc1ccc(C(=O)NCCCOC)cc1. The maximum Gasteiger partial charge on any atom is 0.251 e. The van der Waals surface area contributed by atoms with Gasteiger partial charge in [-0.3, -0.25) is 9.52 Å². The molecule has 0 aliphatic rings. The lowest BCUT2D eigenvalue weighted by atomic mass is 10.2. The number of hydrogen-bond acceptors (Lipinski definition) is 4. The predicted octanol–water partition coefficient (Wildman–Crippen LogP) is 1.21. The summed E-state index contributed by atoms with van der Waals surface area (Å²) in [4.78, 5) is 11.8. The zero-order chi connectivity index (χ0) is 15.0. The first-order valence-corrected chi connectivity index (χ1v) is 8.01. The molecule has 6 nitrogen and oxygen atoms in total. The van der Waals surface area contributed by atoms with Crippen LogP contribution in [0.4, 0.5) is 5.69 Å². The number of rotatable bonds is 8. The van der Waals surface area contributed by atoms with E-state index >= 15 is 0 Å². The van der Waals surface area contributed by atoms with Gasteiger partial charge in [0.2, 0.25) is 10.0 Å².